The van der Waals surface area contributed by atoms with Crippen LogP contribution in [0.15, 0.2) is 24.3 Å². The molecule has 5 nitrogen and oxygen atoms in total. The van der Waals surface area contributed by atoms with E-state index in [0.29, 0.717) is 5.88 Å². The van der Waals surface area contributed by atoms with Crippen LogP contribution in [-0.2, 0) is 0 Å². The van der Waals surface area contributed by atoms with E-state index in [-0.39, 0.29) is 6.09 Å². The van der Waals surface area contributed by atoms with Gasteiger partial charge < -0.3 is 9.64 Å². The van der Waals surface area contributed by atoms with E-state index in [2.05, 4.69) is 10.2 Å². The van der Waals surface area contributed by atoms with Crippen LogP contribution in [0.5, 0.6) is 5.88 Å². The predicted octanol–water partition coefficient (Wildman–Crippen LogP) is 2.55. The number of fused-ring (bicyclic) bond motifs is 1. The number of hydrogen-bond acceptors (Lipinski definition) is 3. The van der Waals surface area contributed by atoms with Gasteiger partial charge in [0.15, 0.2) is 0 Å². The van der Waals surface area contributed by atoms with Gasteiger partial charge in [0.2, 0.25) is 0 Å². The first-order valence-electron chi connectivity index (χ1n) is 6.24. The predicted molar refractivity (Wildman–Crippen MR) is 67.5 cm³/mol. The second-order valence-corrected chi connectivity index (χ2v) is 4.49. The van der Waals surface area contributed by atoms with Crippen molar-refractivity contribution in [3.8, 4) is 5.88 Å². The number of ether oxygens (including phenoxy) is 1. The number of aromatic amines is 1. The highest BCUT2D eigenvalue weighted by Gasteiger charge is 2.20. The average molecular weight is 245 g/mol. The maximum absolute atomic E-state index is 12.0. The summed E-state index contributed by atoms with van der Waals surface area (Å²) in [5.41, 5.74) is 0.874. The summed E-state index contributed by atoms with van der Waals surface area (Å²) in [5, 5.41) is 7.72. The van der Waals surface area contributed by atoms with Gasteiger partial charge in [-0.25, -0.2) is 4.79 Å². The van der Waals surface area contributed by atoms with Crippen LogP contribution in [0.4, 0.5) is 4.79 Å². The summed E-state index contributed by atoms with van der Waals surface area (Å²) in [6, 6.07) is 7.60. The summed E-state index contributed by atoms with van der Waals surface area (Å²) in [4.78, 5) is 13.7. The van der Waals surface area contributed by atoms with Crippen LogP contribution in [0.1, 0.15) is 19.3 Å². The van der Waals surface area contributed by atoms with Crippen LogP contribution in [0, 0.1) is 0 Å². The summed E-state index contributed by atoms with van der Waals surface area (Å²) < 4.78 is 5.35. The summed E-state index contributed by atoms with van der Waals surface area (Å²) >= 11 is 0. The smallest absolute Gasteiger partial charge is 0.389 e. The van der Waals surface area contributed by atoms with Gasteiger partial charge in [0.1, 0.15) is 0 Å². The molecule has 18 heavy (non-hydrogen) atoms. The third-order valence-electron chi connectivity index (χ3n) is 3.23. The number of nitrogens with one attached hydrogen (secondary N) is 1. The molecule has 0 aliphatic carbocycles. The van der Waals surface area contributed by atoms with Crippen LogP contribution in [0.2, 0.25) is 0 Å². The van der Waals surface area contributed by atoms with Crippen molar-refractivity contribution in [3.05, 3.63) is 24.3 Å². The zero-order chi connectivity index (χ0) is 12.4. The Labute approximate surface area is 105 Å². The summed E-state index contributed by atoms with van der Waals surface area (Å²) in [7, 11) is 0. The number of nitrogens with zero attached hydrogens (tertiary/aromatic N) is 2. The molecule has 1 N–H and O–H groups in total. The number of hydrogen-bond donors (Lipinski definition) is 1. The molecular weight excluding hydrogens is 230 g/mol. The number of carbonyl (C=O) groups is 1. The van der Waals surface area contributed by atoms with Gasteiger partial charge in [-0.05, 0) is 31.4 Å². The molecule has 1 amide bonds. The van der Waals surface area contributed by atoms with Crippen molar-refractivity contribution in [2.75, 3.05) is 13.1 Å². The standard InChI is InChI=1S/C13H15N3O2/c17-13(16-8-4-1-5-9-16)18-12-10-6-2-3-7-11(10)14-15-12/h2-3,6-7H,1,4-5,8-9H2,(H,14,15). The molecule has 2 aromatic rings. The Morgan fingerprint density at radius 2 is 2.00 bits per heavy atom. The van der Waals surface area contributed by atoms with Crippen molar-refractivity contribution in [2.24, 2.45) is 0 Å². The lowest BCUT2D eigenvalue weighted by Gasteiger charge is -2.25. The topological polar surface area (TPSA) is 58.2 Å². The van der Waals surface area contributed by atoms with Gasteiger partial charge in [0.25, 0.3) is 5.88 Å². The molecule has 0 bridgehead atoms. The van der Waals surface area contributed by atoms with Gasteiger partial charge in [-0.2, -0.15) is 0 Å². The van der Waals surface area contributed by atoms with Gasteiger partial charge in [0.05, 0.1) is 10.9 Å². The SMILES string of the molecule is O=C(Oc1n[nH]c2ccccc12)N1CCCCC1. The van der Waals surface area contributed by atoms with Crippen molar-refractivity contribution in [3.63, 3.8) is 0 Å². The minimum Gasteiger partial charge on any atom is -0.389 e. The number of carbonyl (C=O) groups excluding carboxylic acids is 1. The van der Waals surface area contributed by atoms with Gasteiger partial charge in [-0.15, -0.1) is 5.10 Å². The third kappa shape index (κ3) is 2.03. The quantitative estimate of drug-likeness (QED) is 0.840. The number of H-pyrrole nitrogens is 1. The van der Waals surface area contributed by atoms with Gasteiger partial charge in [-0.1, -0.05) is 12.1 Å². The van der Waals surface area contributed by atoms with E-state index in [0.717, 1.165) is 36.8 Å². The Bertz CT molecular complexity index is 558. The highest BCUT2D eigenvalue weighted by molar-refractivity contribution is 5.86. The van der Waals surface area contributed by atoms with E-state index in [1.54, 1.807) is 4.90 Å². The van der Waals surface area contributed by atoms with Crippen molar-refractivity contribution in [2.45, 2.75) is 19.3 Å². The van der Waals surface area contributed by atoms with Gasteiger partial charge in [-0.3, -0.25) is 5.10 Å². The lowest BCUT2D eigenvalue weighted by Crippen LogP contribution is -2.37. The highest BCUT2D eigenvalue weighted by Crippen LogP contribution is 2.22. The second-order valence-electron chi connectivity index (χ2n) is 4.49. The summed E-state index contributed by atoms with van der Waals surface area (Å²) in [5.74, 6) is 0.362. The molecule has 1 aliphatic rings. The Morgan fingerprint density at radius 1 is 1.22 bits per heavy atom. The van der Waals surface area contributed by atoms with Crippen LogP contribution in [0.3, 0.4) is 0 Å². The van der Waals surface area contributed by atoms with Crippen LogP contribution < -0.4 is 4.74 Å². The molecule has 3 rings (SSSR count). The molecule has 5 heteroatoms. The zero-order valence-corrected chi connectivity index (χ0v) is 10.1. The average Bonchev–Trinajstić information content (AvgIpc) is 2.83. The van der Waals surface area contributed by atoms with E-state index in [1.165, 1.54) is 6.42 Å². The molecule has 0 saturated carbocycles. The Kier molecular flexibility index (Phi) is 2.88. The first-order valence-corrected chi connectivity index (χ1v) is 6.24. The molecule has 1 saturated heterocycles. The summed E-state index contributed by atoms with van der Waals surface area (Å²) in [6.45, 7) is 1.56. The van der Waals surface area contributed by atoms with Crippen molar-refractivity contribution >= 4 is 17.0 Å². The largest absolute Gasteiger partial charge is 0.416 e. The number of para-hydroxylation sites is 1. The molecule has 1 aromatic heterocycles. The number of likely N-dealkylation sites (tertiary alicyclic amines) is 1. The fraction of sp³-hybridized carbons (Fsp3) is 0.385. The molecule has 0 radical (unpaired) electrons. The number of aromatic nitrogens is 2. The molecule has 94 valence electrons. The zero-order valence-electron chi connectivity index (χ0n) is 10.1. The molecule has 1 aromatic carbocycles. The Hall–Kier alpha value is -2.04. The van der Waals surface area contributed by atoms with Crippen LogP contribution in [-0.4, -0.2) is 34.3 Å². The number of piperidine rings is 1. The molecule has 0 spiro atoms. The third-order valence-corrected chi connectivity index (χ3v) is 3.23. The van der Waals surface area contributed by atoms with E-state index in [4.69, 9.17) is 4.74 Å². The van der Waals surface area contributed by atoms with Crippen molar-refractivity contribution < 1.29 is 9.53 Å². The minimum atomic E-state index is -0.299. The number of amides is 1. The van der Waals surface area contributed by atoms with Crippen LogP contribution >= 0.6 is 0 Å². The molecule has 0 atom stereocenters. The molecular formula is C13H15N3O2. The minimum absolute atomic E-state index is 0.299. The summed E-state index contributed by atoms with van der Waals surface area (Å²) in [6.07, 6.45) is 2.99. The molecule has 2 heterocycles. The van der Waals surface area contributed by atoms with Crippen molar-refractivity contribution in [1.29, 1.82) is 0 Å². The molecule has 0 unspecified atom stereocenters. The number of benzene rings is 1. The monoisotopic (exact) mass is 245 g/mol. The van der Waals surface area contributed by atoms with E-state index >= 15 is 0 Å². The molecule has 1 aliphatic heterocycles. The normalized spacial score (nSPS) is 15.9. The van der Waals surface area contributed by atoms with Gasteiger partial charge >= 0.3 is 6.09 Å². The first kappa shape index (κ1) is 11.1. The van der Waals surface area contributed by atoms with Crippen LogP contribution in [0.25, 0.3) is 10.9 Å². The first-order chi connectivity index (χ1) is 8.84. The van der Waals surface area contributed by atoms with E-state index < -0.39 is 0 Å². The van der Waals surface area contributed by atoms with Crippen molar-refractivity contribution in [1.82, 2.24) is 15.1 Å². The highest BCUT2D eigenvalue weighted by atomic mass is 16.6. The fourth-order valence-electron chi connectivity index (χ4n) is 2.24. The maximum Gasteiger partial charge on any atom is 0.416 e. The Balaban J connectivity index is 1.77. The van der Waals surface area contributed by atoms with Gasteiger partial charge in [0, 0.05) is 13.1 Å². The number of rotatable bonds is 1. The maximum atomic E-state index is 12.0. The fourth-order valence-corrected chi connectivity index (χ4v) is 2.24. The molecule has 1 fully saturated rings. The second kappa shape index (κ2) is 4.68. The lowest BCUT2D eigenvalue weighted by molar-refractivity contribution is 0.141. The van der Waals surface area contributed by atoms with E-state index in [9.17, 15) is 4.79 Å². The Morgan fingerprint density at radius 3 is 2.83 bits per heavy atom. The van der Waals surface area contributed by atoms with E-state index in [1.807, 2.05) is 24.3 Å². The lowest BCUT2D eigenvalue weighted by atomic mass is 10.1.